The van der Waals surface area contributed by atoms with Crippen molar-refractivity contribution in [3.63, 3.8) is 0 Å². The van der Waals surface area contributed by atoms with Gasteiger partial charge in [-0.05, 0) is 212 Å². The van der Waals surface area contributed by atoms with Crippen molar-refractivity contribution in [2.24, 2.45) is 17.8 Å². The summed E-state index contributed by atoms with van der Waals surface area (Å²) in [6, 6.07) is 59.4. The SMILES string of the molecule is Cc1cc(C)c(C)c(C)c1.Cc1cc(C)cc(C)c1.Cc1ccc(C)c(C)c1.Cc1ccc(C)cc1.Cc1cccc(C)c1.Cc1cccc(C)c1C.Cc1ccccc1.Cc1ccccc1C.[2H]C1([2H])C(C)C([2H])([2H])C([2H])([2H])C([2H])([2H])C1([2H])[2H].[2H]C1([2H])C(CC)C([2H])([2H])C([2H])([2H])C([2H])([2H])C1([2H])[2H].[2H]C1([2H])C(CC)C([2H])([2H])C([2H])([2H])C1([2H])[2H]. The Bertz CT molecular complexity index is 4200. The summed E-state index contributed by atoms with van der Waals surface area (Å²) in [6.07, 6.45) is -40.8. The lowest BCUT2D eigenvalue weighted by Gasteiger charge is -2.18. The zero-order valence-corrected chi connectivity index (χ0v) is 59.3. The number of aryl methyl sites for hydroxylation is 18. The van der Waals surface area contributed by atoms with Gasteiger partial charge in [0.25, 0.3) is 0 Å². The molecule has 0 atom stereocenters. The van der Waals surface area contributed by atoms with Crippen LogP contribution in [0.25, 0.3) is 0 Å². The van der Waals surface area contributed by atoms with Crippen LogP contribution < -0.4 is 0 Å². The second-order valence-corrected chi connectivity index (χ2v) is 23.4. The normalized spacial score (nSPS) is 25.5. The van der Waals surface area contributed by atoms with Crippen LogP contribution in [0.15, 0.2) is 170 Å². The third kappa shape index (κ3) is 40.5. The topological polar surface area (TPSA) is 0 Å². The van der Waals surface area contributed by atoms with Crippen LogP contribution in [0.4, 0.5) is 0 Å². The molecule has 3 aliphatic rings. The van der Waals surface area contributed by atoms with E-state index in [1.165, 1.54) is 125 Å². The first-order chi connectivity index (χ1) is 53.3. The first kappa shape index (κ1) is 45.9. The Hall–Kier alpha value is -6.24. The minimum atomic E-state index is -3.27. The van der Waals surface area contributed by atoms with E-state index in [0.29, 0.717) is 0 Å². The second kappa shape index (κ2) is 48.5. The molecule has 3 fully saturated rings. The van der Waals surface area contributed by atoms with Crippen LogP contribution in [0, 0.1) is 156 Å². The third-order valence-corrected chi connectivity index (χ3v) is 14.4. The fourth-order valence-corrected chi connectivity index (χ4v) is 8.25. The van der Waals surface area contributed by atoms with Crippen molar-refractivity contribution in [2.75, 3.05) is 0 Å². The van der Waals surface area contributed by atoms with Gasteiger partial charge in [-0.25, -0.2) is 0 Å². The molecule has 8 aromatic rings. The van der Waals surface area contributed by atoms with E-state index in [9.17, 15) is 0 Å². The molecule has 0 saturated heterocycles. The van der Waals surface area contributed by atoms with Crippen molar-refractivity contribution in [1.82, 2.24) is 0 Å². The summed E-state index contributed by atoms with van der Waals surface area (Å²) in [5, 5.41) is 0. The molecule has 0 amide bonds. The molecule has 0 nitrogen and oxygen atoms in total. The molecule has 0 N–H and O–H groups in total. The first-order valence-corrected chi connectivity index (χ1v) is 31.5. The fourth-order valence-electron chi connectivity index (χ4n) is 8.25. The predicted octanol–water partition coefficient (Wildman–Crippen LogP) is 27.8. The van der Waals surface area contributed by atoms with E-state index in [1.54, 1.807) is 0 Å². The van der Waals surface area contributed by atoms with Crippen LogP contribution in [0.3, 0.4) is 0 Å². The molecule has 3 saturated carbocycles. The Labute approximate surface area is 597 Å². The van der Waals surface area contributed by atoms with E-state index < -0.39 is 107 Å². The molecule has 0 unspecified atom stereocenters. The maximum Gasteiger partial charge on any atom is 0.0269 e. The molecule has 0 heterocycles. The average Bonchev–Trinajstić information content (AvgIpc) is 0.967. The number of hydrogen-bond acceptors (Lipinski definition) is 0. The van der Waals surface area contributed by atoms with Gasteiger partial charge in [-0.3, -0.25) is 0 Å². The van der Waals surface area contributed by atoms with Gasteiger partial charge in [0.1, 0.15) is 0 Å². The Morgan fingerprint density at radius 2 is 0.511 bits per heavy atom. The lowest BCUT2D eigenvalue weighted by atomic mass is 9.88. The van der Waals surface area contributed by atoms with E-state index in [0.717, 1.165) is 6.92 Å². The van der Waals surface area contributed by atoms with Crippen molar-refractivity contribution < 1.29 is 38.4 Å². The van der Waals surface area contributed by atoms with Gasteiger partial charge in [0.2, 0.25) is 0 Å². The van der Waals surface area contributed by atoms with Gasteiger partial charge in [-0.15, -0.1) is 0 Å². The van der Waals surface area contributed by atoms with E-state index in [1.807, 2.05) is 18.2 Å². The molecule has 11 rings (SSSR count). The van der Waals surface area contributed by atoms with Crippen LogP contribution in [-0.2, 0) is 0 Å². The van der Waals surface area contributed by atoms with Crippen LogP contribution in [0.5, 0.6) is 0 Å². The third-order valence-electron chi connectivity index (χ3n) is 14.4. The largest absolute Gasteiger partial charge is 0.0651 e. The van der Waals surface area contributed by atoms with E-state index >= 15 is 0 Å². The Morgan fingerprint density at radius 3 is 0.833 bits per heavy atom. The van der Waals surface area contributed by atoms with Crippen LogP contribution in [0.2, 0.25) is 0 Å². The maximum absolute atomic E-state index is 7.72. The highest BCUT2D eigenvalue weighted by Crippen LogP contribution is 2.27. The Morgan fingerprint density at radius 1 is 0.244 bits per heavy atom. The molecule has 0 spiro atoms. The standard InChI is InChI=1S/C10H14.3C9H12.3C8H10.C8H16.C7H14.C7H8.C7H14/c1-7-5-8(2)10(4)9(3)6-7;1-7-4-8(2)6-9(3)5-7;1-7-4-5-8(2)9(3)6-7;1-7-5-4-6-8(2)9(7)3;1-7-3-5-8(2)6-4-7;1-7-4-3-5-8(2)6-7;1-7-5-3-4-6-8(7)2;1-2-8-6-4-3-5-7-8;2*1-7-5-3-2-4-6-7;1-2-7-5-3-4-6-7/h5-6H,1-4H3;3*4-6H,1-3H3;3*3-6H,1-2H3;8H,2-7H2,1H3;7H,2-6H2,1H3;2-6H,1H3;7H,2-6H2,1H3/i;;;;;;;3D2,4D2,5D2,6D2,7D2;2D2,3D2,4D2,5D2,6D2;;3D2,4D2,5D2,6D2. The summed E-state index contributed by atoms with van der Waals surface area (Å²) >= 11 is 0. The Balaban J connectivity index is 0.000000658. The molecule has 0 aromatic heterocycles. The molecule has 0 bridgehead atoms. The predicted molar refractivity (Wildman–Crippen MR) is 408 cm³/mol. The number of benzene rings is 8. The highest BCUT2D eigenvalue weighted by Gasteiger charge is 2.11. The monoisotopic (exact) mass is 1240 g/mol. The summed E-state index contributed by atoms with van der Waals surface area (Å²) < 4.78 is 212. The van der Waals surface area contributed by atoms with Gasteiger partial charge in [-0.2, -0.15) is 0 Å². The summed E-state index contributed by atoms with van der Waals surface area (Å²) in [6.45, 7) is 46.6. The summed E-state index contributed by atoms with van der Waals surface area (Å²) in [7, 11) is 0. The number of hydrogen-bond donors (Lipinski definition) is 0. The number of rotatable bonds is 2. The van der Waals surface area contributed by atoms with Crippen LogP contribution in [0.1, 0.15) is 272 Å². The summed E-state index contributed by atoms with van der Waals surface area (Å²) in [4.78, 5) is 0. The molecule has 0 aliphatic heterocycles. The van der Waals surface area contributed by atoms with Crippen molar-refractivity contribution in [3.8, 4) is 0 Å². The Kier molecular flexibility index (Phi) is 24.8. The van der Waals surface area contributed by atoms with Gasteiger partial charge in [0.15, 0.2) is 0 Å². The van der Waals surface area contributed by atoms with Gasteiger partial charge in [-0.1, -0.05) is 348 Å². The molecular weight excluding hydrogens is 1080 g/mol. The minimum absolute atomic E-state index is 0.0685. The lowest BCUT2D eigenvalue weighted by Crippen LogP contribution is -2.03. The van der Waals surface area contributed by atoms with Crippen LogP contribution in [-0.4, -0.2) is 0 Å². The van der Waals surface area contributed by atoms with Crippen molar-refractivity contribution in [2.45, 2.75) is 261 Å². The molecule has 492 valence electrons. The van der Waals surface area contributed by atoms with Gasteiger partial charge < -0.3 is 0 Å². The molecular formula is C90H132. The smallest absolute Gasteiger partial charge is 0.0269 e. The summed E-state index contributed by atoms with van der Waals surface area (Å²) in [5.41, 5.74) is 27.3. The van der Waals surface area contributed by atoms with Crippen LogP contribution >= 0.6 is 0 Å². The fraction of sp³-hybridized carbons (Fsp3) is 0.467. The molecule has 8 aromatic carbocycles. The zero-order valence-electron chi connectivity index (χ0n) is 87.3. The minimum Gasteiger partial charge on any atom is -0.0651 e. The highest BCUT2D eigenvalue weighted by molar-refractivity contribution is 5.36. The quantitative estimate of drug-likeness (QED) is 0.162. The zero-order chi connectivity index (χ0) is 92.5. The average molecular weight is 1240 g/mol. The van der Waals surface area contributed by atoms with E-state index in [2.05, 4.69) is 290 Å². The van der Waals surface area contributed by atoms with Gasteiger partial charge >= 0.3 is 0 Å². The molecule has 0 radical (unpaired) electrons. The van der Waals surface area contributed by atoms with Crippen molar-refractivity contribution >= 4 is 0 Å². The summed E-state index contributed by atoms with van der Waals surface area (Å²) in [5.74, 6) is -4.43. The van der Waals surface area contributed by atoms with Crippen molar-refractivity contribution in [3.05, 3.63) is 281 Å². The molecule has 90 heavy (non-hydrogen) atoms. The highest BCUT2D eigenvalue weighted by atomic mass is 14.2. The van der Waals surface area contributed by atoms with Crippen molar-refractivity contribution in [1.29, 1.82) is 0 Å². The van der Waals surface area contributed by atoms with E-state index in [-0.39, 0.29) is 12.8 Å². The van der Waals surface area contributed by atoms with Gasteiger partial charge in [0, 0.05) is 38.4 Å². The maximum atomic E-state index is 7.72. The molecule has 0 heteroatoms. The molecule has 3 aliphatic carbocycles. The second-order valence-electron chi connectivity index (χ2n) is 23.4. The first-order valence-electron chi connectivity index (χ1n) is 45.5. The van der Waals surface area contributed by atoms with E-state index in [4.69, 9.17) is 38.4 Å². The lowest BCUT2D eigenvalue weighted by molar-refractivity contribution is 0.349. The van der Waals surface area contributed by atoms with Gasteiger partial charge in [0.05, 0.1) is 0 Å².